The molecular formula is C26H24N4O3. The quantitative estimate of drug-likeness (QED) is 0.449. The second-order valence-corrected chi connectivity index (χ2v) is 7.81. The number of hydrogen-bond acceptors (Lipinski definition) is 6. The number of fused-ring (bicyclic) bond motifs is 1. The van der Waals surface area contributed by atoms with Crippen LogP contribution in [0.3, 0.4) is 0 Å². The summed E-state index contributed by atoms with van der Waals surface area (Å²) in [5.74, 6) is 2.63. The SMILES string of the molecule is O=C(COc1ccc2ccccc2c1)N1CCN(c2ccc(Oc3ccccc3)nn2)CC1. The molecule has 166 valence electrons. The van der Waals surface area contributed by atoms with Crippen LogP contribution in [0.15, 0.2) is 84.9 Å². The largest absolute Gasteiger partial charge is 0.484 e. The number of aromatic nitrogens is 2. The average molecular weight is 441 g/mol. The van der Waals surface area contributed by atoms with Crippen molar-refractivity contribution in [3.8, 4) is 17.4 Å². The fraction of sp³-hybridized carbons (Fsp3) is 0.192. The van der Waals surface area contributed by atoms with Gasteiger partial charge in [0.2, 0.25) is 5.88 Å². The molecule has 1 aliphatic rings. The van der Waals surface area contributed by atoms with Gasteiger partial charge in [0.05, 0.1) is 0 Å². The molecule has 0 spiro atoms. The van der Waals surface area contributed by atoms with Crippen LogP contribution in [0.4, 0.5) is 5.82 Å². The molecule has 0 saturated carbocycles. The van der Waals surface area contributed by atoms with Crippen LogP contribution in [-0.2, 0) is 4.79 Å². The van der Waals surface area contributed by atoms with E-state index in [9.17, 15) is 4.79 Å². The van der Waals surface area contributed by atoms with E-state index in [4.69, 9.17) is 9.47 Å². The summed E-state index contributed by atoms with van der Waals surface area (Å²) in [4.78, 5) is 16.6. The molecule has 0 unspecified atom stereocenters. The molecule has 0 radical (unpaired) electrons. The summed E-state index contributed by atoms with van der Waals surface area (Å²) in [6.07, 6.45) is 0. The minimum atomic E-state index is -0.0134. The Kier molecular flexibility index (Phi) is 6.01. The number of hydrogen-bond donors (Lipinski definition) is 0. The summed E-state index contributed by atoms with van der Waals surface area (Å²) in [5.41, 5.74) is 0. The summed E-state index contributed by atoms with van der Waals surface area (Å²) in [6, 6.07) is 27.1. The van der Waals surface area contributed by atoms with E-state index in [-0.39, 0.29) is 12.5 Å². The Balaban J connectivity index is 1.11. The van der Waals surface area contributed by atoms with Gasteiger partial charge in [-0.05, 0) is 41.1 Å². The fourth-order valence-corrected chi connectivity index (χ4v) is 3.82. The normalized spacial score (nSPS) is 13.7. The number of ether oxygens (including phenoxy) is 2. The molecule has 1 fully saturated rings. The van der Waals surface area contributed by atoms with Gasteiger partial charge in [-0.3, -0.25) is 4.79 Å². The fourth-order valence-electron chi connectivity index (χ4n) is 3.82. The van der Waals surface area contributed by atoms with Crippen molar-refractivity contribution in [1.82, 2.24) is 15.1 Å². The van der Waals surface area contributed by atoms with Crippen LogP contribution in [0, 0.1) is 0 Å². The third kappa shape index (κ3) is 5.03. The van der Waals surface area contributed by atoms with Gasteiger partial charge < -0.3 is 19.3 Å². The molecule has 0 aliphatic carbocycles. The zero-order valence-electron chi connectivity index (χ0n) is 18.1. The first kappa shape index (κ1) is 20.8. The maximum atomic E-state index is 12.6. The first-order valence-electron chi connectivity index (χ1n) is 11.0. The molecule has 2 heterocycles. The Bertz CT molecular complexity index is 1220. The monoisotopic (exact) mass is 440 g/mol. The lowest BCUT2D eigenvalue weighted by Gasteiger charge is -2.35. The minimum Gasteiger partial charge on any atom is -0.484 e. The smallest absolute Gasteiger partial charge is 0.260 e. The zero-order valence-corrected chi connectivity index (χ0v) is 18.1. The van der Waals surface area contributed by atoms with Crippen molar-refractivity contribution >= 4 is 22.5 Å². The van der Waals surface area contributed by atoms with E-state index in [1.807, 2.05) is 83.8 Å². The number of carbonyl (C=O) groups excluding carboxylic acids is 1. The van der Waals surface area contributed by atoms with E-state index in [0.717, 1.165) is 22.3 Å². The average Bonchev–Trinajstić information content (AvgIpc) is 2.88. The summed E-state index contributed by atoms with van der Waals surface area (Å²) >= 11 is 0. The second-order valence-electron chi connectivity index (χ2n) is 7.81. The van der Waals surface area contributed by atoms with E-state index in [2.05, 4.69) is 21.2 Å². The van der Waals surface area contributed by atoms with Crippen LogP contribution >= 0.6 is 0 Å². The van der Waals surface area contributed by atoms with E-state index in [1.165, 1.54) is 0 Å². The molecule has 1 aromatic heterocycles. The van der Waals surface area contributed by atoms with Crippen LogP contribution in [0.2, 0.25) is 0 Å². The molecule has 5 rings (SSSR count). The van der Waals surface area contributed by atoms with Gasteiger partial charge >= 0.3 is 0 Å². The van der Waals surface area contributed by atoms with Crippen molar-refractivity contribution in [2.75, 3.05) is 37.7 Å². The van der Waals surface area contributed by atoms with Gasteiger partial charge in [0.25, 0.3) is 5.91 Å². The predicted octanol–water partition coefficient (Wildman–Crippen LogP) is 4.15. The minimum absolute atomic E-state index is 0.0134. The number of carbonyl (C=O) groups is 1. The van der Waals surface area contributed by atoms with E-state index in [0.29, 0.717) is 37.8 Å². The molecule has 0 bridgehead atoms. The molecule has 1 aliphatic heterocycles. The summed E-state index contributed by atoms with van der Waals surface area (Å²) in [7, 11) is 0. The maximum absolute atomic E-state index is 12.6. The highest BCUT2D eigenvalue weighted by molar-refractivity contribution is 5.84. The van der Waals surface area contributed by atoms with Gasteiger partial charge in [-0.2, -0.15) is 0 Å². The Labute approximate surface area is 192 Å². The molecule has 0 atom stereocenters. The maximum Gasteiger partial charge on any atom is 0.260 e. The van der Waals surface area contributed by atoms with Crippen LogP contribution in [0.5, 0.6) is 17.4 Å². The van der Waals surface area contributed by atoms with Crippen LogP contribution in [0.25, 0.3) is 10.8 Å². The molecule has 0 N–H and O–H groups in total. The lowest BCUT2D eigenvalue weighted by atomic mass is 10.1. The molecule has 1 amide bonds. The van der Waals surface area contributed by atoms with Gasteiger partial charge in [0, 0.05) is 32.2 Å². The zero-order chi connectivity index (χ0) is 22.5. The number of para-hydroxylation sites is 1. The molecule has 1 saturated heterocycles. The highest BCUT2D eigenvalue weighted by atomic mass is 16.5. The van der Waals surface area contributed by atoms with Crippen molar-refractivity contribution in [3.63, 3.8) is 0 Å². The van der Waals surface area contributed by atoms with E-state index in [1.54, 1.807) is 0 Å². The Morgan fingerprint density at radius 3 is 2.27 bits per heavy atom. The molecular weight excluding hydrogens is 416 g/mol. The molecule has 33 heavy (non-hydrogen) atoms. The van der Waals surface area contributed by atoms with Crippen molar-refractivity contribution in [1.29, 1.82) is 0 Å². The highest BCUT2D eigenvalue weighted by Crippen LogP contribution is 2.22. The van der Waals surface area contributed by atoms with E-state index < -0.39 is 0 Å². The molecule has 3 aromatic carbocycles. The summed E-state index contributed by atoms with van der Waals surface area (Å²) in [5, 5.41) is 10.7. The van der Waals surface area contributed by atoms with Gasteiger partial charge in [-0.25, -0.2) is 0 Å². The number of piperazine rings is 1. The number of nitrogens with zero attached hydrogens (tertiary/aromatic N) is 4. The van der Waals surface area contributed by atoms with Crippen molar-refractivity contribution in [3.05, 3.63) is 84.9 Å². The van der Waals surface area contributed by atoms with Crippen molar-refractivity contribution in [2.24, 2.45) is 0 Å². The van der Waals surface area contributed by atoms with Crippen molar-refractivity contribution in [2.45, 2.75) is 0 Å². The first-order valence-corrected chi connectivity index (χ1v) is 11.0. The lowest BCUT2D eigenvalue weighted by Crippen LogP contribution is -2.50. The van der Waals surface area contributed by atoms with Gasteiger partial charge in [-0.15, -0.1) is 10.2 Å². The Morgan fingerprint density at radius 1 is 0.758 bits per heavy atom. The standard InChI is InChI=1S/C26H24N4O3/c31-26(19-32-23-11-10-20-6-4-5-7-21(20)18-23)30-16-14-29(15-17-30)24-12-13-25(28-27-24)33-22-8-2-1-3-9-22/h1-13,18H,14-17,19H2. The molecule has 7 nitrogen and oxygen atoms in total. The number of benzene rings is 3. The Morgan fingerprint density at radius 2 is 1.52 bits per heavy atom. The predicted molar refractivity (Wildman–Crippen MR) is 127 cm³/mol. The lowest BCUT2D eigenvalue weighted by molar-refractivity contribution is -0.133. The topological polar surface area (TPSA) is 67.8 Å². The van der Waals surface area contributed by atoms with Gasteiger partial charge in [0.1, 0.15) is 11.5 Å². The third-order valence-electron chi connectivity index (χ3n) is 5.63. The summed E-state index contributed by atoms with van der Waals surface area (Å²) < 4.78 is 11.5. The van der Waals surface area contributed by atoms with Crippen LogP contribution in [-0.4, -0.2) is 53.8 Å². The number of anilines is 1. The summed E-state index contributed by atoms with van der Waals surface area (Å²) in [6.45, 7) is 2.64. The Hall–Kier alpha value is -4.13. The van der Waals surface area contributed by atoms with E-state index >= 15 is 0 Å². The molecule has 4 aromatic rings. The van der Waals surface area contributed by atoms with Crippen LogP contribution in [0.1, 0.15) is 0 Å². The highest BCUT2D eigenvalue weighted by Gasteiger charge is 2.22. The van der Waals surface area contributed by atoms with Gasteiger partial charge in [0.15, 0.2) is 12.4 Å². The van der Waals surface area contributed by atoms with Gasteiger partial charge in [-0.1, -0.05) is 48.5 Å². The molecule has 7 heteroatoms. The number of rotatable bonds is 6. The van der Waals surface area contributed by atoms with Crippen LogP contribution < -0.4 is 14.4 Å². The first-order chi connectivity index (χ1) is 16.2. The number of amides is 1. The van der Waals surface area contributed by atoms with Crippen molar-refractivity contribution < 1.29 is 14.3 Å². The second kappa shape index (κ2) is 9.56. The third-order valence-corrected chi connectivity index (χ3v) is 5.63.